The molecule has 0 fully saturated rings. The molecule has 0 rings (SSSR count). The second-order valence-electron chi connectivity index (χ2n) is 3.46. The summed E-state index contributed by atoms with van der Waals surface area (Å²) < 4.78 is 5.04. The molecule has 1 radical (unpaired) electrons. The van der Waals surface area contributed by atoms with Crippen LogP contribution in [0.3, 0.4) is 0 Å². The molecule has 0 spiro atoms. The monoisotopic (exact) mass is 304 g/mol. The van der Waals surface area contributed by atoms with Gasteiger partial charge in [-0.3, -0.25) is 16.5 Å². The minimum Gasteiger partial charge on any atom is -0.503 e. The molecule has 6 heteroatoms. The maximum atomic E-state index is 11.5. The Morgan fingerprint density at radius 2 is 1.39 bits per heavy atom. The van der Waals surface area contributed by atoms with Gasteiger partial charge >= 0.3 is 5.97 Å². The number of aliphatic carboxylic acids is 1. The van der Waals surface area contributed by atoms with Crippen molar-refractivity contribution in [1.29, 1.82) is 0 Å². The number of carbonyl (C=O) groups is 2. The van der Waals surface area contributed by atoms with E-state index in [4.69, 9.17) is 14.6 Å². The van der Waals surface area contributed by atoms with Crippen LogP contribution < -0.4 is 0 Å². The predicted octanol–water partition coefficient (Wildman–Crippen LogP) is 1.84. The Labute approximate surface area is 120 Å². The van der Waals surface area contributed by atoms with Crippen LogP contribution >= 0.6 is 0 Å². The number of hydrogen-bond donors (Lipinski definition) is 1. The van der Waals surface area contributed by atoms with Gasteiger partial charge in [0.15, 0.2) is 5.97 Å². The molecule has 0 unspecified atom stereocenters. The molecule has 111 valence electrons. The first-order valence-corrected chi connectivity index (χ1v) is 5.62. The largest absolute Gasteiger partial charge is 0.503 e. The molecule has 0 aromatic heterocycles. The Morgan fingerprint density at radius 1 is 1.11 bits per heavy atom. The molecule has 0 aromatic rings. The smallest absolute Gasteiger partial charge is 0.312 e. The van der Waals surface area contributed by atoms with Crippen molar-refractivity contribution in [2.75, 3.05) is 6.61 Å². The molecule has 18 heavy (non-hydrogen) atoms. The van der Waals surface area contributed by atoms with E-state index in [0.717, 1.165) is 19.3 Å². The van der Waals surface area contributed by atoms with E-state index < -0.39 is 5.97 Å². The van der Waals surface area contributed by atoms with Gasteiger partial charge in [0.25, 0.3) is 0 Å². The molecule has 0 saturated heterocycles. The fourth-order valence-electron chi connectivity index (χ4n) is 1.47. The number of carbonyl (C=O) groups excluding carboxylic acids is 1. The van der Waals surface area contributed by atoms with Crippen LogP contribution in [0.25, 0.3) is 0 Å². The molecule has 0 aliphatic rings. The maximum Gasteiger partial charge on any atom is 0.312 e. The van der Waals surface area contributed by atoms with Crippen LogP contribution in [0.4, 0.5) is 0 Å². The Bertz CT molecular complexity index is 202. The third-order valence-electron chi connectivity index (χ3n) is 2.74. The van der Waals surface area contributed by atoms with Crippen molar-refractivity contribution in [1.82, 2.24) is 0 Å². The van der Waals surface area contributed by atoms with E-state index in [1.54, 1.807) is 0 Å². The summed E-state index contributed by atoms with van der Waals surface area (Å²) in [6, 6.07) is 0. The van der Waals surface area contributed by atoms with E-state index in [2.05, 4.69) is 6.92 Å². The van der Waals surface area contributed by atoms with Crippen LogP contribution in [0, 0.1) is 12.3 Å². The van der Waals surface area contributed by atoms with Crippen molar-refractivity contribution < 1.29 is 42.0 Å². The third kappa shape index (κ3) is 10.4. The van der Waals surface area contributed by atoms with Gasteiger partial charge in [-0.05, 0) is 26.2 Å². The summed E-state index contributed by atoms with van der Waals surface area (Å²) in [7, 11) is 0. The van der Waals surface area contributed by atoms with E-state index in [0.29, 0.717) is 6.61 Å². The second-order valence-corrected chi connectivity index (χ2v) is 3.46. The molecule has 0 amide bonds. The van der Waals surface area contributed by atoms with Crippen LogP contribution in [0.1, 0.15) is 47.0 Å². The van der Waals surface area contributed by atoms with E-state index in [1.807, 2.05) is 27.7 Å². The van der Waals surface area contributed by atoms with Crippen molar-refractivity contribution in [3.8, 4) is 0 Å². The Kier molecular flexibility index (Phi) is 20.7. The van der Waals surface area contributed by atoms with Gasteiger partial charge in [0, 0.05) is 17.1 Å². The fraction of sp³-hybridized carbons (Fsp3) is 0.750. The summed E-state index contributed by atoms with van der Waals surface area (Å²) in [6.07, 6.45) is 2.62. The molecule has 0 heterocycles. The average molecular weight is 304 g/mol. The Morgan fingerprint density at radius 3 is 1.56 bits per heavy atom. The number of esters is 1. The number of hydrogen-bond acceptors (Lipinski definition) is 3. The van der Waals surface area contributed by atoms with E-state index >= 15 is 0 Å². The zero-order valence-electron chi connectivity index (χ0n) is 11.6. The van der Waals surface area contributed by atoms with Crippen LogP contribution in [0.15, 0.2) is 0 Å². The first-order valence-electron chi connectivity index (χ1n) is 5.62. The van der Waals surface area contributed by atoms with Crippen LogP contribution in [-0.4, -0.2) is 29.1 Å². The van der Waals surface area contributed by atoms with E-state index in [-0.39, 0.29) is 33.9 Å². The fourth-order valence-corrected chi connectivity index (χ4v) is 1.47. The minimum absolute atomic E-state index is 0. The van der Waals surface area contributed by atoms with Crippen molar-refractivity contribution in [2.45, 2.75) is 47.0 Å². The molecule has 3 N–H and O–H groups in total. The summed E-state index contributed by atoms with van der Waals surface area (Å²) in [6.45, 7) is 11.0. The number of rotatable bonds is 5. The van der Waals surface area contributed by atoms with Gasteiger partial charge in [0.1, 0.15) is 0 Å². The Hall–Kier alpha value is -0.711. The number of carboxylic acid groups (broad SMARTS) is 1. The van der Waals surface area contributed by atoms with Crippen molar-refractivity contribution in [2.24, 2.45) is 5.41 Å². The van der Waals surface area contributed by atoms with Gasteiger partial charge in [-0.2, -0.15) is 0 Å². The van der Waals surface area contributed by atoms with E-state index in [9.17, 15) is 4.79 Å². The molecule has 0 aliphatic carbocycles. The first kappa shape index (κ1) is 26.0. The molecular weight excluding hydrogens is 279 g/mol. The number of ether oxygens (including phenoxy) is 1. The molecule has 0 saturated carbocycles. The first-order chi connectivity index (χ1) is 7.40. The van der Waals surface area contributed by atoms with E-state index in [1.165, 1.54) is 0 Å². The van der Waals surface area contributed by atoms with Crippen molar-refractivity contribution in [3.63, 3.8) is 0 Å². The molecule has 5 nitrogen and oxygen atoms in total. The maximum absolute atomic E-state index is 11.5. The van der Waals surface area contributed by atoms with Gasteiger partial charge in [0.05, 0.1) is 12.0 Å². The summed E-state index contributed by atoms with van der Waals surface area (Å²) in [5.41, 5.74) is -0.226. The summed E-state index contributed by atoms with van der Waals surface area (Å²) >= 11 is 0. The average Bonchev–Trinajstić information content (AvgIpc) is 2.21. The zero-order chi connectivity index (χ0) is 13.2. The van der Waals surface area contributed by atoms with Gasteiger partial charge < -0.3 is 15.3 Å². The summed E-state index contributed by atoms with van der Waals surface area (Å²) in [5.74, 6) is -1.11. The second kappa shape index (κ2) is 14.4. The van der Waals surface area contributed by atoms with Gasteiger partial charge in [-0.1, -0.05) is 20.8 Å². The van der Waals surface area contributed by atoms with Gasteiger partial charge in [0.2, 0.25) is 0 Å². The number of carboxylic acids is 1. The van der Waals surface area contributed by atoms with Crippen LogP contribution in [0.2, 0.25) is 0 Å². The van der Waals surface area contributed by atoms with Gasteiger partial charge in [-0.15, -0.1) is 0 Å². The topological polar surface area (TPSA) is 95.1 Å². The molecule has 0 aliphatic heterocycles. The standard InChI is InChI=1S/C10H20O2.C2H3O2.Mn.H2O/c1-5-10(6-2,7-3)9(11)12-8-4;1-2(3)4;;/h5-8H2,1-4H3;1H2,(H,3,4);;1H2/q;-1;;. The van der Waals surface area contributed by atoms with Crippen molar-refractivity contribution in [3.05, 3.63) is 6.92 Å². The van der Waals surface area contributed by atoms with Crippen molar-refractivity contribution >= 4 is 11.9 Å². The third-order valence-corrected chi connectivity index (χ3v) is 2.74. The Balaban J connectivity index is -0.000000143. The molecular formula is C12H25MnO5-. The molecule has 0 bridgehead atoms. The van der Waals surface area contributed by atoms with Gasteiger partial charge in [-0.25, -0.2) is 0 Å². The quantitative estimate of drug-likeness (QED) is 0.476. The molecule has 0 atom stereocenters. The van der Waals surface area contributed by atoms with Crippen LogP contribution in [-0.2, 0) is 31.4 Å². The summed E-state index contributed by atoms with van der Waals surface area (Å²) in [4.78, 5) is 20.4. The summed E-state index contributed by atoms with van der Waals surface area (Å²) in [5, 5.41) is 7.31. The minimum atomic E-state index is -1.08. The predicted molar refractivity (Wildman–Crippen MR) is 66.5 cm³/mol. The normalized spacial score (nSPS) is 8.89. The molecule has 0 aromatic carbocycles. The SMILES string of the molecule is CCOC(=O)C(CC)(CC)CC.O.[CH2-]C(=O)O.[Mn]. The zero-order valence-corrected chi connectivity index (χ0v) is 12.8. The van der Waals surface area contributed by atoms with Crippen LogP contribution in [0.5, 0.6) is 0 Å².